The number of carbonyl (C=O) groups is 1. The first-order valence-electron chi connectivity index (χ1n) is 10.5. The molecule has 1 N–H and O–H groups in total. The summed E-state index contributed by atoms with van der Waals surface area (Å²) in [6.45, 7) is 7.23. The van der Waals surface area contributed by atoms with Gasteiger partial charge in [-0.1, -0.05) is 35.0 Å². The lowest BCUT2D eigenvalue weighted by molar-refractivity contribution is -0.121. The van der Waals surface area contributed by atoms with Gasteiger partial charge >= 0.3 is 0 Å². The predicted octanol–water partition coefficient (Wildman–Crippen LogP) is 3.47. The fourth-order valence-electron chi connectivity index (χ4n) is 3.63. The molecule has 0 saturated carbocycles. The van der Waals surface area contributed by atoms with E-state index in [9.17, 15) is 13.6 Å². The van der Waals surface area contributed by atoms with E-state index in [0.29, 0.717) is 31.3 Å². The number of nitrogens with zero attached hydrogens (tertiary/aromatic N) is 4. The Kier molecular flexibility index (Phi) is 6.57. The third-order valence-corrected chi connectivity index (χ3v) is 5.66. The van der Waals surface area contributed by atoms with Gasteiger partial charge in [0.2, 0.25) is 17.6 Å². The molecule has 2 heterocycles. The second kappa shape index (κ2) is 9.54. The maximum absolute atomic E-state index is 13.4. The molecule has 0 spiro atoms. The van der Waals surface area contributed by atoms with E-state index in [0.717, 1.165) is 30.8 Å². The standard InChI is InChI=1S/C23H25F2N5O2/c1-15-3-5-17(6-4-15)22-27-21(32-28-22)14-29-9-11-30(12-10-29)16(2)23(31)26-18-7-8-19(24)20(25)13-18/h3-8,13,16H,9-12,14H2,1-2H3,(H,26,31). The molecular weight excluding hydrogens is 416 g/mol. The number of aromatic nitrogens is 2. The molecule has 0 bridgehead atoms. The van der Waals surface area contributed by atoms with Crippen molar-refractivity contribution >= 4 is 11.6 Å². The highest BCUT2D eigenvalue weighted by molar-refractivity contribution is 5.94. The number of halogens is 2. The average Bonchev–Trinajstić information content (AvgIpc) is 3.25. The van der Waals surface area contributed by atoms with Gasteiger partial charge in [0.15, 0.2) is 11.6 Å². The van der Waals surface area contributed by atoms with Crippen molar-refractivity contribution in [1.82, 2.24) is 19.9 Å². The first kappa shape index (κ1) is 22.0. The Morgan fingerprint density at radius 3 is 2.50 bits per heavy atom. The lowest BCUT2D eigenvalue weighted by atomic mass is 10.1. The molecule has 1 atom stereocenters. The highest BCUT2D eigenvalue weighted by Gasteiger charge is 2.26. The van der Waals surface area contributed by atoms with Crippen LogP contribution in [0.15, 0.2) is 47.0 Å². The molecule has 1 aromatic heterocycles. The third kappa shape index (κ3) is 5.17. The molecule has 1 unspecified atom stereocenters. The second-order valence-electron chi connectivity index (χ2n) is 7.98. The van der Waals surface area contributed by atoms with Crippen molar-refractivity contribution in [2.75, 3.05) is 31.5 Å². The molecule has 1 saturated heterocycles. The van der Waals surface area contributed by atoms with Crippen LogP contribution in [0, 0.1) is 18.6 Å². The van der Waals surface area contributed by atoms with Gasteiger partial charge < -0.3 is 9.84 Å². The van der Waals surface area contributed by atoms with Crippen molar-refractivity contribution in [3.8, 4) is 11.4 Å². The van der Waals surface area contributed by atoms with Crippen molar-refractivity contribution < 1.29 is 18.1 Å². The Balaban J connectivity index is 1.28. The van der Waals surface area contributed by atoms with E-state index in [1.807, 2.05) is 31.2 Å². The lowest BCUT2D eigenvalue weighted by Gasteiger charge is -2.36. The molecule has 0 aliphatic carbocycles. The van der Waals surface area contributed by atoms with Gasteiger partial charge in [0.05, 0.1) is 12.6 Å². The molecule has 1 fully saturated rings. The van der Waals surface area contributed by atoms with E-state index in [-0.39, 0.29) is 11.6 Å². The summed E-state index contributed by atoms with van der Waals surface area (Å²) >= 11 is 0. The topological polar surface area (TPSA) is 74.5 Å². The maximum Gasteiger partial charge on any atom is 0.241 e. The van der Waals surface area contributed by atoms with E-state index in [1.165, 1.54) is 11.6 Å². The Morgan fingerprint density at radius 1 is 1.09 bits per heavy atom. The molecule has 4 rings (SSSR count). The molecule has 3 aromatic rings. The van der Waals surface area contributed by atoms with Gasteiger partial charge in [-0.3, -0.25) is 14.6 Å². The Hall–Kier alpha value is -3.17. The van der Waals surface area contributed by atoms with Crippen molar-refractivity contribution in [3.05, 3.63) is 65.6 Å². The minimum Gasteiger partial charge on any atom is -0.338 e. The number of aryl methyl sites for hydroxylation is 1. The number of piperazine rings is 1. The fourth-order valence-corrected chi connectivity index (χ4v) is 3.63. The van der Waals surface area contributed by atoms with Crippen molar-refractivity contribution in [2.24, 2.45) is 0 Å². The minimum atomic E-state index is -0.990. The van der Waals surface area contributed by atoms with Gasteiger partial charge in [-0.25, -0.2) is 8.78 Å². The zero-order chi connectivity index (χ0) is 22.7. The molecule has 32 heavy (non-hydrogen) atoms. The molecule has 1 aliphatic heterocycles. The summed E-state index contributed by atoms with van der Waals surface area (Å²) in [7, 11) is 0. The summed E-state index contributed by atoms with van der Waals surface area (Å²) in [6, 6.07) is 10.9. The van der Waals surface area contributed by atoms with Gasteiger partial charge in [-0.15, -0.1) is 0 Å². The summed E-state index contributed by atoms with van der Waals surface area (Å²) in [4.78, 5) is 21.3. The highest BCUT2D eigenvalue weighted by atomic mass is 19.2. The van der Waals surface area contributed by atoms with Crippen molar-refractivity contribution in [3.63, 3.8) is 0 Å². The van der Waals surface area contributed by atoms with Crippen LogP contribution in [0.25, 0.3) is 11.4 Å². The van der Waals surface area contributed by atoms with Crippen LogP contribution in [0.1, 0.15) is 18.4 Å². The molecule has 168 valence electrons. The van der Waals surface area contributed by atoms with Crippen LogP contribution in [0.3, 0.4) is 0 Å². The quantitative estimate of drug-likeness (QED) is 0.632. The number of hydrogen-bond acceptors (Lipinski definition) is 6. The maximum atomic E-state index is 13.4. The molecule has 1 amide bonds. The zero-order valence-corrected chi connectivity index (χ0v) is 18.0. The van der Waals surface area contributed by atoms with E-state index in [2.05, 4.69) is 25.3 Å². The normalized spacial score (nSPS) is 16.1. The van der Waals surface area contributed by atoms with Crippen LogP contribution in [0.5, 0.6) is 0 Å². The van der Waals surface area contributed by atoms with Gasteiger partial charge in [-0.2, -0.15) is 4.98 Å². The van der Waals surface area contributed by atoms with Crippen LogP contribution < -0.4 is 5.32 Å². The number of rotatable bonds is 6. The molecule has 7 nitrogen and oxygen atoms in total. The monoisotopic (exact) mass is 441 g/mol. The molecular formula is C23H25F2N5O2. The number of benzene rings is 2. The van der Waals surface area contributed by atoms with E-state index in [1.54, 1.807) is 6.92 Å². The lowest BCUT2D eigenvalue weighted by Crippen LogP contribution is -2.52. The molecule has 0 radical (unpaired) electrons. The minimum absolute atomic E-state index is 0.236. The molecule has 9 heteroatoms. The van der Waals surface area contributed by atoms with Crippen LogP contribution in [-0.4, -0.2) is 58.1 Å². The van der Waals surface area contributed by atoms with E-state index >= 15 is 0 Å². The first-order chi connectivity index (χ1) is 15.4. The average molecular weight is 441 g/mol. The van der Waals surface area contributed by atoms with Crippen LogP contribution in [0.4, 0.5) is 14.5 Å². The van der Waals surface area contributed by atoms with Crippen molar-refractivity contribution in [1.29, 1.82) is 0 Å². The van der Waals surface area contributed by atoms with Crippen molar-refractivity contribution in [2.45, 2.75) is 26.4 Å². The highest BCUT2D eigenvalue weighted by Crippen LogP contribution is 2.18. The number of anilines is 1. The summed E-state index contributed by atoms with van der Waals surface area (Å²) in [5.41, 5.74) is 2.32. The number of amides is 1. The number of nitrogens with one attached hydrogen (secondary N) is 1. The molecule has 2 aromatic carbocycles. The SMILES string of the molecule is Cc1ccc(-c2noc(CN3CCN(C(C)C(=O)Nc4ccc(F)c(F)c4)CC3)n2)cc1. The summed E-state index contributed by atoms with van der Waals surface area (Å²) in [6.07, 6.45) is 0. The predicted molar refractivity (Wildman–Crippen MR) is 116 cm³/mol. The summed E-state index contributed by atoms with van der Waals surface area (Å²) in [5.74, 6) is -1.07. The molecule has 1 aliphatic rings. The Bertz CT molecular complexity index is 1080. The summed E-state index contributed by atoms with van der Waals surface area (Å²) < 4.78 is 31.8. The number of carbonyl (C=O) groups excluding carboxylic acids is 1. The first-order valence-corrected chi connectivity index (χ1v) is 10.5. The van der Waals surface area contributed by atoms with Gasteiger partial charge in [-0.05, 0) is 26.0 Å². The number of hydrogen-bond donors (Lipinski definition) is 1. The van der Waals surface area contributed by atoms with Gasteiger partial charge in [0, 0.05) is 43.5 Å². The Morgan fingerprint density at radius 2 is 1.81 bits per heavy atom. The van der Waals surface area contributed by atoms with Crippen LogP contribution >= 0.6 is 0 Å². The van der Waals surface area contributed by atoms with Gasteiger partial charge in [0.25, 0.3) is 0 Å². The smallest absolute Gasteiger partial charge is 0.241 e. The second-order valence-corrected chi connectivity index (χ2v) is 7.98. The van der Waals surface area contributed by atoms with Crippen LogP contribution in [-0.2, 0) is 11.3 Å². The fraction of sp³-hybridized carbons (Fsp3) is 0.348. The third-order valence-electron chi connectivity index (χ3n) is 5.66. The summed E-state index contributed by atoms with van der Waals surface area (Å²) in [5, 5.41) is 6.72. The van der Waals surface area contributed by atoms with Crippen LogP contribution in [0.2, 0.25) is 0 Å². The zero-order valence-electron chi connectivity index (χ0n) is 18.0. The van der Waals surface area contributed by atoms with E-state index < -0.39 is 17.7 Å². The van der Waals surface area contributed by atoms with Gasteiger partial charge in [0.1, 0.15) is 0 Å². The largest absolute Gasteiger partial charge is 0.338 e. The Labute approximate surface area is 185 Å². The van der Waals surface area contributed by atoms with E-state index in [4.69, 9.17) is 4.52 Å².